The van der Waals surface area contributed by atoms with Crippen LogP contribution in [0.5, 0.6) is 5.75 Å². The zero-order valence-electron chi connectivity index (χ0n) is 16.7. The van der Waals surface area contributed by atoms with Crippen molar-refractivity contribution in [3.05, 3.63) is 47.8 Å². The molecule has 1 N–H and O–H groups in total. The molecule has 1 aromatic carbocycles. The highest BCUT2D eigenvalue weighted by Gasteiger charge is 2.27. The van der Waals surface area contributed by atoms with Crippen LogP contribution in [0.2, 0.25) is 0 Å². The van der Waals surface area contributed by atoms with Crippen molar-refractivity contribution in [1.82, 2.24) is 20.0 Å². The van der Waals surface area contributed by atoms with Crippen molar-refractivity contribution in [2.75, 3.05) is 26.7 Å². The molecule has 0 amide bonds. The molecule has 7 heteroatoms. The smallest absolute Gasteiger partial charge is 0.193 e. The van der Waals surface area contributed by atoms with Crippen LogP contribution in [0.25, 0.3) is 0 Å². The Morgan fingerprint density at radius 1 is 1.29 bits per heavy atom. The van der Waals surface area contributed by atoms with Crippen molar-refractivity contribution in [3.8, 4) is 5.75 Å². The lowest BCUT2D eigenvalue weighted by atomic mass is 10.0. The van der Waals surface area contributed by atoms with Gasteiger partial charge in [-0.3, -0.25) is 9.67 Å². The largest absolute Gasteiger partial charge is 0.493 e. The summed E-state index contributed by atoms with van der Waals surface area (Å²) in [4.78, 5) is 6.84. The number of aromatic nitrogens is 2. The van der Waals surface area contributed by atoms with E-state index in [0.29, 0.717) is 5.92 Å². The topological polar surface area (TPSA) is 54.7 Å². The second-order valence-electron chi connectivity index (χ2n) is 7.64. The molecule has 0 spiro atoms. The Bertz CT molecular complexity index is 802. The maximum atomic E-state index is 6.03. The first kappa shape index (κ1) is 21.0. The number of hydrogen-bond donors (Lipinski definition) is 1. The summed E-state index contributed by atoms with van der Waals surface area (Å²) in [5.41, 5.74) is 2.50. The van der Waals surface area contributed by atoms with Gasteiger partial charge >= 0.3 is 0 Å². The molecule has 152 valence electrons. The molecule has 2 fully saturated rings. The van der Waals surface area contributed by atoms with Gasteiger partial charge in [-0.1, -0.05) is 18.2 Å². The molecule has 2 aromatic rings. The third kappa shape index (κ3) is 5.18. The fraction of sp³-hybridized carbons (Fsp3) is 0.524. The van der Waals surface area contributed by atoms with E-state index in [1.807, 2.05) is 31.0 Å². The summed E-state index contributed by atoms with van der Waals surface area (Å²) in [6, 6.07) is 8.30. The van der Waals surface area contributed by atoms with Crippen LogP contribution in [0, 0.1) is 5.92 Å². The van der Waals surface area contributed by atoms with Crippen molar-refractivity contribution in [1.29, 1.82) is 0 Å². The van der Waals surface area contributed by atoms with Crippen LogP contribution in [-0.2, 0) is 13.6 Å². The molecule has 1 saturated carbocycles. The number of hydrogen-bond acceptors (Lipinski definition) is 3. The third-order valence-electron chi connectivity index (χ3n) is 5.48. The molecule has 2 heterocycles. The van der Waals surface area contributed by atoms with Gasteiger partial charge < -0.3 is 15.0 Å². The number of benzene rings is 1. The lowest BCUT2D eigenvalue weighted by Crippen LogP contribution is -2.39. The molecule has 1 saturated heterocycles. The third-order valence-corrected chi connectivity index (χ3v) is 5.48. The summed E-state index contributed by atoms with van der Waals surface area (Å²) in [5, 5.41) is 7.83. The number of aliphatic imine (C=N–C) groups is 1. The summed E-state index contributed by atoms with van der Waals surface area (Å²) in [7, 11) is 3.83. The first-order valence-electron chi connectivity index (χ1n) is 9.88. The van der Waals surface area contributed by atoms with Gasteiger partial charge in [0.1, 0.15) is 5.75 Å². The maximum absolute atomic E-state index is 6.03. The second-order valence-corrected chi connectivity index (χ2v) is 7.64. The second kappa shape index (κ2) is 9.62. The minimum Gasteiger partial charge on any atom is -0.493 e. The molecule has 2 aliphatic rings. The van der Waals surface area contributed by atoms with E-state index in [0.717, 1.165) is 50.3 Å². The molecular formula is C21H30IN5O. The lowest BCUT2D eigenvalue weighted by molar-refractivity contribution is 0.296. The lowest BCUT2D eigenvalue weighted by Gasteiger charge is -2.22. The molecule has 1 aromatic heterocycles. The average molecular weight is 495 g/mol. The van der Waals surface area contributed by atoms with Gasteiger partial charge in [0.05, 0.1) is 12.8 Å². The van der Waals surface area contributed by atoms with E-state index < -0.39 is 0 Å². The SMILES string of the molecule is CN=C(NCc1ccccc1OCC1CC1)N1CCC(c2cnn(C)c2)C1.I. The molecule has 6 nitrogen and oxygen atoms in total. The van der Waals surface area contributed by atoms with Crippen LogP contribution < -0.4 is 10.1 Å². The molecule has 4 rings (SSSR count). The van der Waals surface area contributed by atoms with Gasteiger partial charge in [0.25, 0.3) is 0 Å². The van der Waals surface area contributed by atoms with E-state index >= 15 is 0 Å². The molecule has 1 atom stereocenters. The number of likely N-dealkylation sites (tertiary alicyclic amines) is 1. The maximum Gasteiger partial charge on any atom is 0.193 e. The summed E-state index contributed by atoms with van der Waals surface area (Å²) in [6.45, 7) is 3.55. The van der Waals surface area contributed by atoms with Crippen LogP contribution in [0.1, 0.15) is 36.3 Å². The fourth-order valence-corrected chi connectivity index (χ4v) is 3.67. The molecule has 0 radical (unpaired) electrons. The summed E-state index contributed by atoms with van der Waals surface area (Å²) >= 11 is 0. The highest BCUT2D eigenvalue weighted by molar-refractivity contribution is 14.0. The number of nitrogens with one attached hydrogen (secondary N) is 1. The van der Waals surface area contributed by atoms with Gasteiger partial charge in [0, 0.05) is 51.4 Å². The molecular weight excluding hydrogens is 465 g/mol. The zero-order chi connectivity index (χ0) is 18.6. The Hall–Kier alpha value is -1.77. The quantitative estimate of drug-likeness (QED) is 0.380. The van der Waals surface area contributed by atoms with Crippen LogP contribution in [0.3, 0.4) is 0 Å². The molecule has 1 aliphatic carbocycles. The minimum atomic E-state index is 0. The number of guanidine groups is 1. The number of halogens is 1. The number of para-hydroxylation sites is 1. The Kier molecular flexibility index (Phi) is 7.20. The van der Waals surface area contributed by atoms with E-state index in [2.05, 4.69) is 44.7 Å². The normalized spacial score (nSPS) is 19.4. The van der Waals surface area contributed by atoms with Gasteiger partial charge in [-0.05, 0) is 36.8 Å². The monoisotopic (exact) mass is 495 g/mol. The van der Waals surface area contributed by atoms with Crippen molar-refractivity contribution in [2.24, 2.45) is 18.0 Å². The van der Waals surface area contributed by atoms with Gasteiger partial charge in [0.15, 0.2) is 5.96 Å². The standard InChI is InChI=1S/C21H29N5O.HI/c1-22-21(26-10-9-18(14-26)19-12-24-25(2)13-19)23-11-17-5-3-4-6-20(17)27-15-16-7-8-16;/h3-6,12-13,16,18H,7-11,14-15H2,1-2H3,(H,22,23);1H. The van der Waals surface area contributed by atoms with Crippen molar-refractivity contribution >= 4 is 29.9 Å². The van der Waals surface area contributed by atoms with E-state index in [-0.39, 0.29) is 24.0 Å². The first-order valence-corrected chi connectivity index (χ1v) is 9.88. The number of aryl methyl sites for hydroxylation is 1. The molecule has 1 aliphatic heterocycles. The highest BCUT2D eigenvalue weighted by atomic mass is 127. The Morgan fingerprint density at radius 3 is 2.82 bits per heavy atom. The van der Waals surface area contributed by atoms with Crippen LogP contribution >= 0.6 is 24.0 Å². The van der Waals surface area contributed by atoms with Crippen LogP contribution in [0.15, 0.2) is 41.7 Å². The zero-order valence-corrected chi connectivity index (χ0v) is 19.0. The van der Waals surface area contributed by atoms with E-state index in [9.17, 15) is 0 Å². The van der Waals surface area contributed by atoms with Gasteiger partial charge in [-0.25, -0.2) is 0 Å². The minimum absolute atomic E-state index is 0. The molecule has 28 heavy (non-hydrogen) atoms. The number of nitrogens with zero attached hydrogens (tertiary/aromatic N) is 4. The van der Waals surface area contributed by atoms with Crippen molar-refractivity contribution < 1.29 is 4.74 Å². The summed E-state index contributed by atoms with van der Waals surface area (Å²) < 4.78 is 7.91. The predicted molar refractivity (Wildman–Crippen MR) is 122 cm³/mol. The summed E-state index contributed by atoms with van der Waals surface area (Å²) in [6.07, 6.45) is 7.85. The van der Waals surface area contributed by atoms with Crippen molar-refractivity contribution in [3.63, 3.8) is 0 Å². The van der Waals surface area contributed by atoms with Crippen molar-refractivity contribution in [2.45, 2.75) is 31.7 Å². The Morgan fingerprint density at radius 2 is 2.11 bits per heavy atom. The highest BCUT2D eigenvalue weighted by Crippen LogP contribution is 2.30. The Balaban J connectivity index is 0.00000225. The van der Waals surface area contributed by atoms with Gasteiger partial charge in [-0.2, -0.15) is 5.10 Å². The van der Waals surface area contributed by atoms with Crippen LogP contribution in [0.4, 0.5) is 0 Å². The molecule has 1 unspecified atom stereocenters. The summed E-state index contributed by atoms with van der Waals surface area (Å²) in [5.74, 6) is 3.22. The van der Waals surface area contributed by atoms with Crippen LogP contribution in [-0.4, -0.2) is 47.4 Å². The fourth-order valence-electron chi connectivity index (χ4n) is 3.67. The van der Waals surface area contributed by atoms with Gasteiger partial charge in [0.2, 0.25) is 0 Å². The van der Waals surface area contributed by atoms with E-state index in [1.165, 1.54) is 24.0 Å². The first-order chi connectivity index (χ1) is 13.2. The van der Waals surface area contributed by atoms with Gasteiger partial charge in [-0.15, -0.1) is 24.0 Å². The van der Waals surface area contributed by atoms with E-state index in [1.54, 1.807) is 0 Å². The Labute approximate surface area is 184 Å². The number of rotatable bonds is 6. The predicted octanol–water partition coefficient (Wildman–Crippen LogP) is 3.39. The average Bonchev–Trinajstić information content (AvgIpc) is 3.21. The number of ether oxygens (including phenoxy) is 1. The van der Waals surface area contributed by atoms with E-state index in [4.69, 9.17) is 4.74 Å². The molecule has 0 bridgehead atoms.